The molecule has 1 atom stereocenters. The van der Waals surface area contributed by atoms with Crippen molar-refractivity contribution in [2.75, 3.05) is 18.4 Å². The molecular formula is C26H26FN3O3. The number of furan rings is 1. The van der Waals surface area contributed by atoms with Crippen molar-refractivity contribution in [3.63, 3.8) is 0 Å². The van der Waals surface area contributed by atoms with Crippen molar-refractivity contribution in [2.45, 2.75) is 45.4 Å². The van der Waals surface area contributed by atoms with Gasteiger partial charge in [-0.1, -0.05) is 6.07 Å². The van der Waals surface area contributed by atoms with Gasteiger partial charge in [0.2, 0.25) is 0 Å². The number of carbonyl (C=O) groups excluding carboxylic acids is 2. The summed E-state index contributed by atoms with van der Waals surface area (Å²) in [6, 6.07) is 10.2. The number of ketones is 1. The molecule has 170 valence electrons. The number of fused-ring (bicyclic) bond motifs is 1. The van der Waals surface area contributed by atoms with Crippen LogP contribution in [-0.4, -0.2) is 34.7 Å². The van der Waals surface area contributed by atoms with Crippen LogP contribution in [-0.2, 0) is 6.42 Å². The van der Waals surface area contributed by atoms with Gasteiger partial charge in [0.15, 0.2) is 11.5 Å². The van der Waals surface area contributed by atoms with E-state index < -0.39 is 0 Å². The highest BCUT2D eigenvalue weighted by atomic mass is 19.1. The van der Waals surface area contributed by atoms with E-state index in [1.165, 1.54) is 12.1 Å². The molecule has 3 aromatic rings. The predicted molar refractivity (Wildman–Crippen MR) is 123 cm³/mol. The number of anilines is 2. The molecule has 0 bridgehead atoms. The zero-order valence-electron chi connectivity index (χ0n) is 18.8. The Morgan fingerprint density at radius 3 is 2.82 bits per heavy atom. The van der Waals surface area contributed by atoms with Gasteiger partial charge in [0.25, 0.3) is 5.91 Å². The molecule has 5 rings (SSSR count). The highest BCUT2D eigenvalue weighted by molar-refractivity contribution is 6.03. The standard InChI is InChI=1S/C26H26FN3O3/c1-15-11-20(29-19-6-3-5-18(27)12-19)13-21(28-15)17-9-10-30(14-17)26(32)25-16(2)24-22(31)7-4-8-23(24)33-25/h3,5-6,11-13,17H,4,7-10,14H2,1-2H3,(H,28,29)/t17-/m1/s1. The number of likely N-dealkylation sites (tertiary alicyclic amines) is 1. The van der Waals surface area contributed by atoms with E-state index in [-0.39, 0.29) is 23.4 Å². The maximum absolute atomic E-state index is 13.5. The average molecular weight is 448 g/mol. The van der Waals surface area contributed by atoms with Crippen LogP contribution in [0.2, 0.25) is 0 Å². The van der Waals surface area contributed by atoms with Gasteiger partial charge in [-0.05, 0) is 57.0 Å². The number of carbonyl (C=O) groups is 2. The Morgan fingerprint density at radius 2 is 2.03 bits per heavy atom. The quantitative estimate of drug-likeness (QED) is 0.586. The normalized spacial score (nSPS) is 17.8. The Labute approximate surface area is 191 Å². The lowest BCUT2D eigenvalue weighted by molar-refractivity contribution is 0.0755. The van der Waals surface area contributed by atoms with Crippen molar-refractivity contribution in [3.05, 3.63) is 76.3 Å². The van der Waals surface area contributed by atoms with Crippen molar-refractivity contribution in [1.82, 2.24) is 9.88 Å². The number of nitrogens with zero attached hydrogens (tertiary/aromatic N) is 2. The molecule has 0 spiro atoms. The van der Waals surface area contributed by atoms with Gasteiger partial charge in [-0.2, -0.15) is 0 Å². The number of rotatable bonds is 4. The smallest absolute Gasteiger partial charge is 0.289 e. The van der Waals surface area contributed by atoms with Crippen LogP contribution in [0, 0.1) is 19.7 Å². The van der Waals surface area contributed by atoms with E-state index in [2.05, 4.69) is 5.32 Å². The third-order valence-corrected chi connectivity index (χ3v) is 6.48. The summed E-state index contributed by atoms with van der Waals surface area (Å²) in [6.45, 7) is 4.86. The summed E-state index contributed by atoms with van der Waals surface area (Å²) in [4.78, 5) is 32.0. The summed E-state index contributed by atoms with van der Waals surface area (Å²) >= 11 is 0. The van der Waals surface area contributed by atoms with Crippen LogP contribution in [0.5, 0.6) is 0 Å². The fourth-order valence-electron chi connectivity index (χ4n) is 4.89. The molecule has 1 aliphatic carbocycles. The molecule has 2 aliphatic rings. The Balaban J connectivity index is 1.34. The van der Waals surface area contributed by atoms with Crippen LogP contribution in [0.4, 0.5) is 15.8 Å². The molecule has 33 heavy (non-hydrogen) atoms. The van der Waals surface area contributed by atoms with Crippen molar-refractivity contribution >= 4 is 23.1 Å². The molecule has 1 N–H and O–H groups in total. The first-order valence-electron chi connectivity index (χ1n) is 11.3. The Hall–Kier alpha value is -3.48. The lowest BCUT2D eigenvalue weighted by Crippen LogP contribution is -2.28. The van der Waals surface area contributed by atoms with Crippen LogP contribution in [0.3, 0.4) is 0 Å². The second-order valence-corrected chi connectivity index (χ2v) is 8.93. The zero-order chi connectivity index (χ0) is 23.1. The van der Waals surface area contributed by atoms with Gasteiger partial charge in [-0.25, -0.2) is 4.39 Å². The van der Waals surface area contributed by atoms with Gasteiger partial charge in [-0.3, -0.25) is 14.6 Å². The highest BCUT2D eigenvalue weighted by Gasteiger charge is 2.34. The third kappa shape index (κ3) is 4.15. The van der Waals surface area contributed by atoms with E-state index in [4.69, 9.17) is 9.40 Å². The van der Waals surface area contributed by atoms with Crippen molar-refractivity contribution in [3.8, 4) is 0 Å². The van der Waals surface area contributed by atoms with E-state index in [9.17, 15) is 14.0 Å². The summed E-state index contributed by atoms with van der Waals surface area (Å²) < 4.78 is 19.4. The molecule has 3 heterocycles. The minimum absolute atomic E-state index is 0.0677. The van der Waals surface area contributed by atoms with Gasteiger partial charge < -0.3 is 14.6 Å². The maximum atomic E-state index is 13.5. The molecule has 7 heteroatoms. The molecule has 6 nitrogen and oxygen atoms in total. The van der Waals surface area contributed by atoms with Crippen LogP contribution in [0.25, 0.3) is 0 Å². The number of pyridine rings is 1. The summed E-state index contributed by atoms with van der Waals surface area (Å²) in [5.41, 5.74) is 4.52. The van der Waals surface area contributed by atoms with Gasteiger partial charge in [0.1, 0.15) is 11.6 Å². The Kier molecular flexibility index (Phi) is 5.48. The molecule has 1 fully saturated rings. The molecule has 1 amide bonds. The second kappa shape index (κ2) is 8.46. The molecule has 1 aromatic carbocycles. The number of amides is 1. The Bertz CT molecular complexity index is 1250. The first-order valence-corrected chi connectivity index (χ1v) is 11.3. The highest BCUT2D eigenvalue weighted by Crippen LogP contribution is 2.33. The Morgan fingerprint density at radius 1 is 1.18 bits per heavy atom. The van der Waals surface area contributed by atoms with E-state index in [0.717, 1.165) is 29.9 Å². The van der Waals surface area contributed by atoms with E-state index in [0.29, 0.717) is 54.3 Å². The largest absolute Gasteiger partial charge is 0.455 e. The van der Waals surface area contributed by atoms with Crippen LogP contribution >= 0.6 is 0 Å². The minimum atomic E-state index is -0.299. The zero-order valence-corrected chi connectivity index (χ0v) is 18.8. The predicted octanol–water partition coefficient (Wildman–Crippen LogP) is 5.32. The molecule has 1 aliphatic heterocycles. The average Bonchev–Trinajstić information content (AvgIpc) is 3.39. The molecule has 1 saturated heterocycles. The number of Topliss-reactive ketones (excluding diaryl/α,β-unsaturated/α-hetero) is 1. The fourth-order valence-corrected chi connectivity index (χ4v) is 4.89. The van der Waals surface area contributed by atoms with Crippen LogP contribution < -0.4 is 5.32 Å². The van der Waals surface area contributed by atoms with Gasteiger partial charge >= 0.3 is 0 Å². The topological polar surface area (TPSA) is 75.4 Å². The van der Waals surface area contributed by atoms with Gasteiger partial charge in [0.05, 0.1) is 5.56 Å². The second-order valence-electron chi connectivity index (χ2n) is 8.93. The van der Waals surface area contributed by atoms with Gasteiger partial charge in [-0.15, -0.1) is 0 Å². The lowest BCUT2D eigenvalue weighted by Gasteiger charge is -2.16. The number of aryl methyl sites for hydroxylation is 2. The van der Waals surface area contributed by atoms with E-state index in [1.54, 1.807) is 17.9 Å². The SMILES string of the molecule is Cc1cc(Nc2cccc(F)c2)cc([C@@H]2CCN(C(=O)c3oc4c(c3C)C(=O)CCC4)C2)n1. The van der Waals surface area contributed by atoms with E-state index in [1.807, 2.05) is 25.1 Å². The monoisotopic (exact) mass is 447 g/mol. The number of halogens is 1. The summed E-state index contributed by atoms with van der Waals surface area (Å²) in [5, 5.41) is 3.24. The summed E-state index contributed by atoms with van der Waals surface area (Å²) in [7, 11) is 0. The summed E-state index contributed by atoms with van der Waals surface area (Å²) in [6.07, 6.45) is 2.77. The number of hydrogen-bond donors (Lipinski definition) is 1. The lowest BCUT2D eigenvalue weighted by atomic mass is 9.94. The molecule has 0 saturated carbocycles. The van der Waals surface area contributed by atoms with Gasteiger partial charge in [0, 0.05) is 60.2 Å². The third-order valence-electron chi connectivity index (χ3n) is 6.48. The number of aromatic nitrogens is 1. The summed E-state index contributed by atoms with van der Waals surface area (Å²) in [5.74, 6) is 0.639. The van der Waals surface area contributed by atoms with Crippen molar-refractivity contribution < 1.29 is 18.4 Å². The molecule has 0 unspecified atom stereocenters. The number of benzene rings is 1. The molecule has 2 aromatic heterocycles. The fraction of sp³-hybridized carbons (Fsp3) is 0.346. The number of nitrogens with one attached hydrogen (secondary N) is 1. The molecule has 0 radical (unpaired) electrons. The number of hydrogen-bond acceptors (Lipinski definition) is 5. The van der Waals surface area contributed by atoms with Crippen molar-refractivity contribution in [1.29, 1.82) is 0 Å². The first-order chi connectivity index (χ1) is 15.9. The maximum Gasteiger partial charge on any atom is 0.289 e. The van der Waals surface area contributed by atoms with Crippen LogP contribution in [0.1, 0.15) is 68.8 Å². The minimum Gasteiger partial charge on any atom is -0.455 e. The molecular weight excluding hydrogens is 421 g/mol. The van der Waals surface area contributed by atoms with Crippen LogP contribution in [0.15, 0.2) is 40.8 Å². The first kappa shape index (κ1) is 21.4. The van der Waals surface area contributed by atoms with Crippen molar-refractivity contribution in [2.24, 2.45) is 0 Å². The van der Waals surface area contributed by atoms with E-state index >= 15 is 0 Å².